The quantitative estimate of drug-likeness (QED) is 0.816. The lowest BCUT2D eigenvalue weighted by Crippen LogP contribution is -2.30. The number of aliphatic hydroxyl groups is 1. The Morgan fingerprint density at radius 2 is 1.88 bits per heavy atom. The van der Waals surface area contributed by atoms with E-state index in [1.54, 1.807) is 7.11 Å². The minimum Gasteiger partial charge on any atom is -0.497 e. The highest BCUT2D eigenvalue weighted by molar-refractivity contribution is 5.28. The van der Waals surface area contributed by atoms with E-state index in [0.717, 1.165) is 37.2 Å². The standard InChI is InChI=1S/C13H19NO2/c1-16-12-4-2-10(3-5-12)13(15)11-6-8-14-9-7-11/h2-5,11,13-15H,6-9H2,1H3/t13-/m1/s1. The number of benzene rings is 1. The van der Waals surface area contributed by atoms with Crippen molar-refractivity contribution in [3.8, 4) is 5.75 Å². The van der Waals surface area contributed by atoms with Crippen molar-refractivity contribution in [3.05, 3.63) is 29.8 Å². The van der Waals surface area contributed by atoms with E-state index in [9.17, 15) is 5.11 Å². The maximum atomic E-state index is 10.2. The zero-order valence-electron chi connectivity index (χ0n) is 9.65. The van der Waals surface area contributed by atoms with Crippen molar-refractivity contribution in [1.82, 2.24) is 5.32 Å². The average Bonchev–Trinajstić information content (AvgIpc) is 2.39. The Kier molecular flexibility index (Phi) is 3.80. The summed E-state index contributed by atoms with van der Waals surface area (Å²) in [5.41, 5.74) is 0.993. The van der Waals surface area contributed by atoms with Crippen LogP contribution in [-0.4, -0.2) is 25.3 Å². The molecule has 0 aliphatic carbocycles. The summed E-state index contributed by atoms with van der Waals surface area (Å²) in [5.74, 6) is 1.22. The van der Waals surface area contributed by atoms with Gasteiger partial charge in [-0.2, -0.15) is 0 Å². The molecule has 3 nitrogen and oxygen atoms in total. The van der Waals surface area contributed by atoms with Gasteiger partial charge >= 0.3 is 0 Å². The van der Waals surface area contributed by atoms with Crippen molar-refractivity contribution in [2.75, 3.05) is 20.2 Å². The Balaban J connectivity index is 2.04. The van der Waals surface area contributed by atoms with Gasteiger partial charge in [0.2, 0.25) is 0 Å². The Labute approximate surface area is 96.4 Å². The minimum atomic E-state index is -0.340. The molecule has 0 radical (unpaired) electrons. The largest absolute Gasteiger partial charge is 0.497 e. The van der Waals surface area contributed by atoms with Crippen molar-refractivity contribution in [3.63, 3.8) is 0 Å². The smallest absolute Gasteiger partial charge is 0.118 e. The van der Waals surface area contributed by atoms with Crippen molar-refractivity contribution in [2.24, 2.45) is 5.92 Å². The lowest BCUT2D eigenvalue weighted by atomic mass is 9.88. The molecule has 1 atom stereocenters. The normalized spacial score (nSPS) is 19.4. The van der Waals surface area contributed by atoms with Gasteiger partial charge in [-0.25, -0.2) is 0 Å². The van der Waals surface area contributed by atoms with Gasteiger partial charge in [0.05, 0.1) is 13.2 Å². The highest BCUT2D eigenvalue weighted by atomic mass is 16.5. The van der Waals surface area contributed by atoms with E-state index in [4.69, 9.17) is 4.74 Å². The van der Waals surface area contributed by atoms with Crippen LogP contribution < -0.4 is 10.1 Å². The van der Waals surface area contributed by atoms with E-state index in [0.29, 0.717) is 5.92 Å². The van der Waals surface area contributed by atoms with Crippen LogP contribution in [0.3, 0.4) is 0 Å². The first-order valence-corrected chi connectivity index (χ1v) is 5.84. The predicted molar refractivity (Wildman–Crippen MR) is 63.5 cm³/mol. The Hall–Kier alpha value is -1.06. The van der Waals surface area contributed by atoms with E-state index in [2.05, 4.69) is 5.32 Å². The van der Waals surface area contributed by atoms with Gasteiger partial charge in [0, 0.05) is 0 Å². The summed E-state index contributed by atoms with van der Waals surface area (Å²) in [6, 6.07) is 7.70. The van der Waals surface area contributed by atoms with Crippen LogP contribution in [0, 0.1) is 5.92 Å². The molecule has 1 fully saturated rings. The highest BCUT2D eigenvalue weighted by Gasteiger charge is 2.22. The second-order valence-electron chi connectivity index (χ2n) is 4.31. The molecule has 2 rings (SSSR count). The number of hydrogen-bond acceptors (Lipinski definition) is 3. The third-order valence-corrected chi connectivity index (χ3v) is 3.29. The molecule has 1 aromatic carbocycles. The fraction of sp³-hybridized carbons (Fsp3) is 0.538. The number of rotatable bonds is 3. The topological polar surface area (TPSA) is 41.5 Å². The molecule has 0 saturated carbocycles. The third-order valence-electron chi connectivity index (χ3n) is 3.29. The Bertz CT molecular complexity index is 317. The van der Waals surface area contributed by atoms with E-state index < -0.39 is 0 Å². The highest BCUT2D eigenvalue weighted by Crippen LogP contribution is 2.29. The summed E-state index contributed by atoms with van der Waals surface area (Å²) in [7, 11) is 1.65. The van der Waals surface area contributed by atoms with Crippen LogP contribution in [0.2, 0.25) is 0 Å². The molecule has 16 heavy (non-hydrogen) atoms. The molecule has 0 spiro atoms. The molecule has 0 bridgehead atoms. The van der Waals surface area contributed by atoms with Crippen LogP contribution >= 0.6 is 0 Å². The van der Waals surface area contributed by atoms with Gasteiger partial charge in [-0.05, 0) is 49.5 Å². The van der Waals surface area contributed by atoms with Crippen LogP contribution in [-0.2, 0) is 0 Å². The summed E-state index contributed by atoms with van der Waals surface area (Å²) < 4.78 is 5.10. The number of hydrogen-bond donors (Lipinski definition) is 2. The Morgan fingerprint density at radius 1 is 1.25 bits per heavy atom. The molecule has 1 aliphatic rings. The van der Waals surface area contributed by atoms with Crippen LogP contribution in [0.4, 0.5) is 0 Å². The van der Waals surface area contributed by atoms with Crippen LogP contribution in [0.25, 0.3) is 0 Å². The first-order chi connectivity index (χ1) is 7.81. The molecule has 2 N–H and O–H groups in total. The zero-order valence-corrected chi connectivity index (χ0v) is 9.65. The summed E-state index contributed by atoms with van der Waals surface area (Å²) >= 11 is 0. The maximum absolute atomic E-state index is 10.2. The van der Waals surface area contributed by atoms with Crippen molar-refractivity contribution in [1.29, 1.82) is 0 Å². The summed E-state index contributed by atoms with van der Waals surface area (Å²) in [5, 5.41) is 13.5. The molecule has 1 saturated heterocycles. The molecule has 0 unspecified atom stereocenters. The SMILES string of the molecule is COc1ccc([C@@H](O)C2CCNCC2)cc1. The fourth-order valence-electron chi connectivity index (χ4n) is 2.23. The van der Waals surface area contributed by atoms with Crippen LogP contribution in [0.15, 0.2) is 24.3 Å². The van der Waals surface area contributed by atoms with Crippen molar-refractivity contribution >= 4 is 0 Å². The maximum Gasteiger partial charge on any atom is 0.118 e. The minimum absolute atomic E-state index is 0.340. The lowest BCUT2D eigenvalue weighted by molar-refractivity contribution is 0.0889. The first-order valence-electron chi connectivity index (χ1n) is 5.84. The molecular weight excluding hydrogens is 202 g/mol. The van der Waals surface area contributed by atoms with Crippen molar-refractivity contribution < 1.29 is 9.84 Å². The van der Waals surface area contributed by atoms with Gasteiger partial charge < -0.3 is 15.2 Å². The first kappa shape index (κ1) is 11.4. The molecule has 3 heteroatoms. The molecule has 0 amide bonds. The fourth-order valence-corrected chi connectivity index (χ4v) is 2.23. The van der Waals surface area contributed by atoms with E-state index >= 15 is 0 Å². The molecule has 0 aromatic heterocycles. The van der Waals surface area contributed by atoms with Crippen LogP contribution in [0.5, 0.6) is 5.75 Å². The molecule has 1 heterocycles. The van der Waals surface area contributed by atoms with E-state index in [1.165, 1.54) is 0 Å². The second kappa shape index (κ2) is 5.32. The zero-order chi connectivity index (χ0) is 11.4. The number of ether oxygens (including phenoxy) is 1. The van der Waals surface area contributed by atoms with Gasteiger partial charge in [0.15, 0.2) is 0 Å². The third kappa shape index (κ3) is 2.54. The average molecular weight is 221 g/mol. The summed E-state index contributed by atoms with van der Waals surface area (Å²) in [6.45, 7) is 2.02. The van der Waals surface area contributed by atoms with Gasteiger partial charge in [-0.15, -0.1) is 0 Å². The van der Waals surface area contributed by atoms with Crippen molar-refractivity contribution in [2.45, 2.75) is 18.9 Å². The molecule has 88 valence electrons. The summed E-state index contributed by atoms with van der Waals surface area (Å²) in [4.78, 5) is 0. The monoisotopic (exact) mass is 221 g/mol. The van der Waals surface area contributed by atoms with E-state index in [1.807, 2.05) is 24.3 Å². The van der Waals surface area contributed by atoms with E-state index in [-0.39, 0.29) is 6.10 Å². The van der Waals surface area contributed by atoms with Gasteiger partial charge in [-0.3, -0.25) is 0 Å². The number of aliphatic hydroxyl groups excluding tert-OH is 1. The predicted octanol–water partition coefficient (Wildman–Crippen LogP) is 1.73. The van der Waals surface area contributed by atoms with Gasteiger partial charge in [0.1, 0.15) is 5.75 Å². The van der Waals surface area contributed by atoms with Crippen LogP contribution in [0.1, 0.15) is 24.5 Å². The summed E-state index contributed by atoms with van der Waals surface area (Å²) in [6.07, 6.45) is 1.76. The second-order valence-corrected chi connectivity index (χ2v) is 4.31. The van der Waals surface area contributed by atoms with Gasteiger partial charge in [-0.1, -0.05) is 12.1 Å². The molecule has 1 aromatic rings. The number of nitrogens with one attached hydrogen (secondary N) is 1. The van der Waals surface area contributed by atoms with Gasteiger partial charge in [0.25, 0.3) is 0 Å². The number of piperidine rings is 1. The molecular formula is C13H19NO2. The molecule has 1 aliphatic heterocycles. The lowest BCUT2D eigenvalue weighted by Gasteiger charge is -2.27. The number of methoxy groups -OCH3 is 1. The Morgan fingerprint density at radius 3 is 2.44 bits per heavy atom.